The Hall–Kier alpha value is -1.77. The summed E-state index contributed by atoms with van der Waals surface area (Å²) in [4.78, 5) is 0. The minimum Gasteiger partial charge on any atom is -0.522 e. The Morgan fingerprint density at radius 3 is 1.09 bits per heavy atom. The molecule has 33 heavy (non-hydrogen) atoms. The van der Waals surface area contributed by atoms with Gasteiger partial charge in [-0.3, -0.25) is 0 Å². The summed E-state index contributed by atoms with van der Waals surface area (Å²) in [5.74, 6) is 0.878. The van der Waals surface area contributed by atoms with Crippen LogP contribution in [0.5, 0.6) is 5.75 Å². The molecule has 0 amide bonds. The standard InChI is InChI=1S/2C8H11P.C7H7O.C6H5.Pt/c2*1-9(2)8-6-4-3-5-7-8;1-8-7-5-3-2-4-6-7;1-2-4-6-5-3-1;/h2*3-7H,1-2H3;3-6H,1H3;1-5H;/q;;2*-1;+2/p+2. The van der Waals surface area contributed by atoms with Gasteiger partial charge in [-0.2, -0.15) is 54.6 Å². The summed E-state index contributed by atoms with van der Waals surface area (Å²) in [6.45, 7) is 9.22. The quantitative estimate of drug-likeness (QED) is 0.180. The molecule has 0 saturated heterocycles. The molecule has 0 atom stereocenters. The first-order valence-electron chi connectivity index (χ1n) is 10.7. The van der Waals surface area contributed by atoms with Crippen LogP contribution in [0.4, 0.5) is 0 Å². The van der Waals surface area contributed by atoms with Crippen molar-refractivity contribution in [1.82, 2.24) is 0 Å². The molecule has 4 aromatic rings. The van der Waals surface area contributed by atoms with E-state index in [0.717, 1.165) is 5.75 Å². The third-order valence-electron chi connectivity index (χ3n) is 4.23. The van der Waals surface area contributed by atoms with Gasteiger partial charge in [0.15, 0.2) is 0 Å². The van der Waals surface area contributed by atoms with Crippen LogP contribution in [0.15, 0.2) is 115 Å². The fourth-order valence-corrected chi connectivity index (χ4v) is 4.11. The third kappa shape index (κ3) is 16.5. The summed E-state index contributed by atoms with van der Waals surface area (Å²) in [5.41, 5.74) is 0. The molecule has 0 aliphatic heterocycles. The summed E-state index contributed by atoms with van der Waals surface area (Å²) in [5, 5.41) is 3.03. The van der Waals surface area contributed by atoms with Crippen LogP contribution in [0.3, 0.4) is 0 Å². The van der Waals surface area contributed by atoms with Gasteiger partial charge in [-0.25, -0.2) is 0 Å². The zero-order valence-electron chi connectivity index (χ0n) is 20.2. The summed E-state index contributed by atoms with van der Waals surface area (Å²) < 4.78 is 4.89. The number of methoxy groups -OCH3 is 1. The molecule has 1 nitrogen and oxygen atoms in total. The monoisotopic (exact) mass is 657 g/mol. The second kappa shape index (κ2) is 20.8. The molecule has 0 bridgehead atoms. The number of hydrogen-bond acceptors (Lipinski definition) is 1. The van der Waals surface area contributed by atoms with Crippen molar-refractivity contribution >= 4 is 26.5 Å². The second-order valence-corrected chi connectivity index (χ2v) is 12.4. The van der Waals surface area contributed by atoms with Crippen LogP contribution in [0.25, 0.3) is 0 Å². The summed E-state index contributed by atoms with van der Waals surface area (Å²) in [7, 11) is 1.22. The predicted octanol–water partition coefficient (Wildman–Crippen LogP) is 6.55. The molecule has 0 N–H and O–H groups in total. The Labute approximate surface area is 218 Å². The molecule has 0 aliphatic rings. The molecule has 0 radical (unpaired) electrons. The minimum atomic E-state index is -0.212. The maximum Gasteiger partial charge on any atom is 2.00 e. The van der Waals surface area contributed by atoms with Gasteiger partial charge in [0.2, 0.25) is 0 Å². The zero-order valence-corrected chi connectivity index (χ0v) is 24.5. The summed E-state index contributed by atoms with van der Waals surface area (Å²) in [6.07, 6.45) is 0. The van der Waals surface area contributed by atoms with Crippen LogP contribution >= 0.6 is 15.8 Å². The Kier molecular flexibility index (Phi) is 19.7. The maximum absolute atomic E-state index is 4.89. The average Bonchev–Trinajstić information content (AvgIpc) is 2.88. The molecule has 0 aliphatic carbocycles. The molecule has 0 spiro atoms. The number of ether oxygens (including phenoxy) is 1. The topological polar surface area (TPSA) is 9.23 Å². The van der Waals surface area contributed by atoms with Crippen LogP contribution in [0, 0.1) is 12.1 Å². The van der Waals surface area contributed by atoms with E-state index in [2.05, 4.69) is 99.5 Å². The Morgan fingerprint density at radius 2 is 0.879 bits per heavy atom. The smallest absolute Gasteiger partial charge is 0.522 e. The van der Waals surface area contributed by atoms with Crippen molar-refractivity contribution in [1.29, 1.82) is 0 Å². The SMILES string of the molecule is COc1cc[c-]cc1.C[PH+](C)c1ccccc1.C[PH+](C)c1ccccc1.[Pt+2].[c-]1ccccc1. The van der Waals surface area contributed by atoms with E-state index in [1.54, 1.807) is 7.11 Å². The van der Waals surface area contributed by atoms with Gasteiger partial charge in [0.05, 0.1) is 44.4 Å². The van der Waals surface area contributed by atoms with Crippen molar-refractivity contribution in [2.24, 2.45) is 0 Å². The van der Waals surface area contributed by atoms with Gasteiger partial charge in [-0.15, -0.1) is 12.1 Å². The zero-order chi connectivity index (χ0) is 23.4. The minimum absolute atomic E-state index is 0. The second-order valence-electron chi connectivity index (χ2n) is 7.25. The van der Waals surface area contributed by atoms with E-state index >= 15 is 0 Å². The molecule has 176 valence electrons. The van der Waals surface area contributed by atoms with Crippen LogP contribution in [0.1, 0.15) is 0 Å². The van der Waals surface area contributed by atoms with Gasteiger partial charge in [0.25, 0.3) is 0 Å². The van der Waals surface area contributed by atoms with E-state index in [4.69, 9.17) is 4.74 Å². The Bertz CT molecular complexity index is 833. The van der Waals surface area contributed by atoms with Crippen molar-refractivity contribution in [3.63, 3.8) is 0 Å². The number of hydrogen-bond donors (Lipinski definition) is 0. The molecular formula is C29H36OP2Pt+2. The first-order valence-corrected chi connectivity index (χ1v) is 15.7. The Balaban J connectivity index is 0.000000414. The molecular weight excluding hydrogens is 621 g/mol. The normalized spacial score (nSPS) is 9.06. The summed E-state index contributed by atoms with van der Waals surface area (Å²) >= 11 is 0. The molecule has 0 fully saturated rings. The van der Waals surface area contributed by atoms with Gasteiger partial charge in [-0.1, -0.05) is 36.4 Å². The van der Waals surface area contributed by atoms with Gasteiger partial charge in [-0.05, 0) is 24.3 Å². The van der Waals surface area contributed by atoms with Crippen LogP contribution in [-0.4, -0.2) is 33.8 Å². The van der Waals surface area contributed by atoms with Crippen LogP contribution < -0.4 is 15.3 Å². The van der Waals surface area contributed by atoms with Gasteiger partial charge >= 0.3 is 21.1 Å². The Morgan fingerprint density at radius 1 is 0.515 bits per heavy atom. The van der Waals surface area contributed by atoms with Gasteiger partial charge in [0.1, 0.15) is 0 Å². The largest absolute Gasteiger partial charge is 2.00 e. The molecule has 0 saturated carbocycles. The van der Waals surface area contributed by atoms with E-state index in [9.17, 15) is 0 Å². The molecule has 4 heteroatoms. The first-order chi connectivity index (χ1) is 15.5. The summed E-state index contributed by atoms with van der Waals surface area (Å²) in [6, 6.07) is 44.1. The molecule has 0 heterocycles. The van der Waals surface area contributed by atoms with Gasteiger partial charge < -0.3 is 4.74 Å². The predicted molar refractivity (Wildman–Crippen MR) is 150 cm³/mol. The van der Waals surface area contributed by atoms with Crippen LogP contribution in [-0.2, 0) is 21.1 Å². The van der Waals surface area contributed by atoms with Gasteiger partial charge in [0, 0.05) is 21.6 Å². The van der Waals surface area contributed by atoms with E-state index in [0.29, 0.717) is 0 Å². The van der Waals surface area contributed by atoms with Crippen molar-refractivity contribution in [2.45, 2.75) is 0 Å². The van der Waals surface area contributed by atoms with E-state index < -0.39 is 0 Å². The molecule has 4 rings (SSSR count). The fourth-order valence-electron chi connectivity index (χ4n) is 2.39. The van der Waals surface area contributed by atoms with Crippen molar-refractivity contribution < 1.29 is 25.8 Å². The average molecular weight is 658 g/mol. The van der Waals surface area contributed by atoms with E-state index in [1.807, 2.05) is 54.6 Å². The van der Waals surface area contributed by atoms with Crippen molar-refractivity contribution in [3.8, 4) is 5.75 Å². The maximum atomic E-state index is 4.89. The van der Waals surface area contributed by atoms with E-state index in [-0.39, 0.29) is 36.9 Å². The third-order valence-corrected chi connectivity index (χ3v) is 7.21. The molecule has 0 unspecified atom stereocenters. The number of rotatable bonds is 3. The molecule has 0 aromatic heterocycles. The number of benzene rings is 4. The van der Waals surface area contributed by atoms with Crippen LogP contribution in [0.2, 0.25) is 0 Å². The first kappa shape index (κ1) is 31.2. The molecule has 4 aromatic carbocycles. The fraction of sp³-hybridized carbons (Fsp3) is 0.172. The van der Waals surface area contributed by atoms with Crippen molar-refractivity contribution in [3.05, 3.63) is 127 Å². The van der Waals surface area contributed by atoms with E-state index in [1.165, 1.54) is 10.6 Å². The van der Waals surface area contributed by atoms with Crippen molar-refractivity contribution in [2.75, 3.05) is 33.8 Å².